The molecule has 0 saturated heterocycles. The van der Waals surface area contributed by atoms with Crippen LogP contribution in [0.25, 0.3) is 0 Å². The first-order chi connectivity index (χ1) is 6.50. The van der Waals surface area contributed by atoms with Crippen molar-refractivity contribution >= 4 is 0 Å². The molecular weight excluding hydrogens is 168 g/mol. The molecule has 1 aliphatic carbocycles. The fourth-order valence-electron chi connectivity index (χ4n) is 2.55. The SMILES string of the molecule is Cc1ccc2c(c1)C(C)(C)CC[C@H]2C. The van der Waals surface area contributed by atoms with E-state index in [0.29, 0.717) is 5.41 Å². The van der Waals surface area contributed by atoms with Crippen LogP contribution < -0.4 is 0 Å². The summed E-state index contributed by atoms with van der Waals surface area (Å²) >= 11 is 0. The van der Waals surface area contributed by atoms with Crippen LogP contribution in [0, 0.1) is 6.92 Å². The van der Waals surface area contributed by atoms with Gasteiger partial charge in [-0.1, -0.05) is 44.5 Å². The molecule has 2 rings (SSSR count). The first-order valence-corrected chi connectivity index (χ1v) is 5.62. The average Bonchev–Trinajstić information content (AvgIpc) is 2.12. The minimum absolute atomic E-state index is 0.383. The molecule has 0 amide bonds. The molecule has 0 fully saturated rings. The third kappa shape index (κ3) is 1.47. The summed E-state index contributed by atoms with van der Waals surface area (Å²) in [6, 6.07) is 6.96. The van der Waals surface area contributed by atoms with E-state index in [0.717, 1.165) is 5.92 Å². The number of rotatable bonds is 0. The summed E-state index contributed by atoms with van der Waals surface area (Å²) in [6.07, 6.45) is 2.66. The van der Waals surface area contributed by atoms with Crippen LogP contribution in [0.1, 0.15) is 56.2 Å². The number of hydrogen-bond acceptors (Lipinski definition) is 0. The van der Waals surface area contributed by atoms with Gasteiger partial charge in [0.1, 0.15) is 0 Å². The van der Waals surface area contributed by atoms with Crippen molar-refractivity contribution in [3.63, 3.8) is 0 Å². The Morgan fingerprint density at radius 1 is 1.29 bits per heavy atom. The largest absolute Gasteiger partial charge is 0.0590 e. The van der Waals surface area contributed by atoms with Crippen LogP contribution in [-0.4, -0.2) is 0 Å². The molecule has 0 aromatic heterocycles. The van der Waals surface area contributed by atoms with E-state index in [1.54, 1.807) is 11.1 Å². The third-order valence-corrected chi connectivity index (χ3v) is 3.67. The fraction of sp³-hybridized carbons (Fsp3) is 0.571. The maximum Gasteiger partial charge on any atom is -0.0100 e. The molecule has 0 N–H and O–H groups in total. The van der Waals surface area contributed by atoms with Crippen molar-refractivity contribution in [1.29, 1.82) is 0 Å². The van der Waals surface area contributed by atoms with Crippen LogP contribution in [0.3, 0.4) is 0 Å². The highest BCUT2D eigenvalue weighted by Crippen LogP contribution is 2.42. The van der Waals surface area contributed by atoms with Gasteiger partial charge >= 0.3 is 0 Å². The Morgan fingerprint density at radius 3 is 2.71 bits per heavy atom. The topological polar surface area (TPSA) is 0 Å². The van der Waals surface area contributed by atoms with Crippen LogP contribution in [0.2, 0.25) is 0 Å². The van der Waals surface area contributed by atoms with Crippen LogP contribution in [-0.2, 0) is 5.41 Å². The van der Waals surface area contributed by atoms with Crippen LogP contribution >= 0.6 is 0 Å². The molecule has 0 saturated carbocycles. The second-order valence-corrected chi connectivity index (χ2v) is 5.41. The van der Waals surface area contributed by atoms with Gasteiger partial charge in [0.25, 0.3) is 0 Å². The monoisotopic (exact) mass is 188 g/mol. The molecular formula is C14H20. The molecule has 1 aromatic rings. The Labute approximate surface area is 87.3 Å². The lowest BCUT2D eigenvalue weighted by Crippen LogP contribution is -2.25. The fourth-order valence-corrected chi connectivity index (χ4v) is 2.55. The maximum absolute atomic E-state index is 2.38. The molecule has 0 spiro atoms. The minimum atomic E-state index is 0.383. The molecule has 1 atom stereocenters. The Morgan fingerprint density at radius 2 is 2.00 bits per heavy atom. The van der Waals surface area contributed by atoms with Crippen LogP contribution in [0.4, 0.5) is 0 Å². The van der Waals surface area contributed by atoms with Crippen molar-refractivity contribution < 1.29 is 0 Å². The Balaban J connectivity index is 2.58. The van der Waals surface area contributed by atoms with E-state index in [2.05, 4.69) is 45.9 Å². The Bertz CT molecular complexity index is 347. The highest BCUT2D eigenvalue weighted by molar-refractivity contribution is 5.40. The highest BCUT2D eigenvalue weighted by Gasteiger charge is 2.30. The Hall–Kier alpha value is -0.780. The van der Waals surface area contributed by atoms with Gasteiger partial charge < -0.3 is 0 Å². The molecule has 0 aliphatic heterocycles. The van der Waals surface area contributed by atoms with E-state index in [1.165, 1.54) is 18.4 Å². The zero-order valence-corrected chi connectivity index (χ0v) is 9.72. The van der Waals surface area contributed by atoms with E-state index in [1.807, 2.05) is 0 Å². The predicted molar refractivity (Wildman–Crippen MR) is 61.9 cm³/mol. The van der Waals surface area contributed by atoms with E-state index >= 15 is 0 Å². The molecule has 1 aromatic carbocycles. The van der Waals surface area contributed by atoms with E-state index in [4.69, 9.17) is 0 Å². The molecule has 76 valence electrons. The molecule has 0 bridgehead atoms. The molecule has 0 heterocycles. The minimum Gasteiger partial charge on any atom is -0.0590 e. The number of hydrogen-bond donors (Lipinski definition) is 0. The standard InChI is InChI=1S/C14H20/c1-10-5-6-12-11(2)7-8-14(3,4)13(12)9-10/h5-6,9,11H,7-8H2,1-4H3/t11-/m1/s1. The van der Waals surface area contributed by atoms with Gasteiger partial charge in [0.05, 0.1) is 0 Å². The molecule has 14 heavy (non-hydrogen) atoms. The van der Waals surface area contributed by atoms with Crippen molar-refractivity contribution in [1.82, 2.24) is 0 Å². The number of benzene rings is 1. The summed E-state index contributed by atoms with van der Waals surface area (Å²) < 4.78 is 0. The summed E-state index contributed by atoms with van der Waals surface area (Å²) in [7, 11) is 0. The van der Waals surface area contributed by atoms with Crippen LogP contribution in [0.15, 0.2) is 18.2 Å². The zero-order valence-electron chi connectivity index (χ0n) is 9.72. The van der Waals surface area contributed by atoms with E-state index in [-0.39, 0.29) is 0 Å². The summed E-state index contributed by atoms with van der Waals surface area (Å²) in [6.45, 7) is 9.29. The average molecular weight is 188 g/mol. The lowest BCUT2D eigenvalue weighted by atomic mass is 9.69. The predicted octanol–water partition coefficient (Wildman–Crippen LogP) is 4.17. The zero-order chi connectivity index (χ0) is 10.3. The first kappa shape index (κ1) is 9.76. The number of fused-ring (bicyclic) bond motifs is 1. The van der Waals surface area contributed by atoms with Gasteiger partial charge in [-0.05, 0) is 42.2 Å². The maximum atomic E-state index is 2.38. The van der Waals surface area contributed by atoms with E-state index < -0.39 is 0 Å². The number of aryl methyl sites for hydroxylation is 1. The Kier molecular flexibility index (Phi) is 2.17. The normalized spacial score (nSPS) is 24.4. The molecule has 1 aliphatic rings. The second kappa shape index (κ2) is 3.12. The van der Waals surface area contributed by atoms with Gasteiger partial charge in [0, 0.05) is 0 Å². The van der Waals surface area contributed by atoms with Gasteiger partial charge in [-0.15, -0.1) is 0 Å². The smallest absolute Gasteiger partial charge is 0.0100 e. The summed E-state index contributed by atoms with van der Waals surface area (Å²) in [5, 5.41) is 0. The van der Waals surface area contributed by atoms with Crippen molar-refractivity contribution in [2.24, 2.45) is 0 Å². The van der Waals surface area contributed by atoms with Gasteiger partial charge in [-0.2, -0.15) is 0 Å². The van der Waals surface area contributed by atoms with Crippen LogP contribution in [0.5, 0.6) is 0 Å². The van der Waals surface area contributed by atoms with Gasteiger partial charge in [-0.3, -0.25) is 0 Å². The summed E-state index contributed by atoms with van der Waals surface area (Å²) in [5.41, 5.74) is 4.93. The highest BCUT2D eigenvalue weighted by atomic mass is 14.3. The van der Waals surface area contributed by atoms with Crippen molar-refractivity contribution in [2.45, 2.75) is 51.9 Å². The second-order valence-electron chi connectivity index (χ2n) is 5.41. The summed E-state index contributed by atoms with van der Waals surface area (Å²) in [4.78, 5) is 0. The van der Waals surface area contributed by atoms with Gasteiger partial charge in [-0.25, -0.2) is 0 Å². The van der Waals surface area contributed by atoms with Crippen molar-refractivity contribution in [3.8, 4) is 0 Å². The molecule has 0 radical (unpaired) electrons. The van der Waals surface area contributed by atoms with E-state index in [9.17, 15) is 0 Å². The molecule has 0 unspecified atom stereocenters. The van der Waals surface area contributed by atoms with Gasteiger partial charge in [0.15, 0.2) is 0 Å². The summed E-state index contributed by atoms with van der Waals surface area (Å²) in [5.74, 6) is 0.749. The third-order valence-electron chi connectivity index (χ3n) is 3.67. The quantitative estimate of drug-likeness (QED) is 0.573. The lowest BCUT2D eigenvalue weighted by Gasteiger charge is -2.36. The lowest BCUT2D eigenvalue weighted by molar-refractivity contribution is 0.402. The van der Waals surface area contributed by atoms with Crippen molar-refractivity contribution in [3.05, 3.63) is 34.9 Å². The van der Waals surface area contributed by atoms with Gasteiger partial charge in [0.2, 0.25) is 0 Å². The first-order valence-electron chi connectivity index (χ1n) is 5.62. The molecule has 0 nitrogen and oxygen atoms in total. The molecule has 0 heteroatoms. The van der Waals surface area contributed by atoms with Crippen molar-refractivity contribution in [2.75, 3.05) is 0 Å².